The van der Waals surface area contributed by atoms with Crippen LogP contribution in [0.3, 0.4) is 0 Å². The minimum absolute atomic E-state index is 0.765. The average Bonchev–Trinajstić information content (AvgIpc) is 2.18. The van der Waals surface area contributed by atoms with Crippen LogP contribution >= 0.6 is 0 Å². The minimum Gasteiger partial charge on any atom is -0.396 e. The van der Waals surface area contributed by atoms with Crippen molar-refractivity contribution in [2.24, 2.45) is 7.05 Å². The largest absolute Gasteiger partial charge is 0.396 e. The van der Waals surface area contributed by atoms with Gasteiger partial charge in [0.2, 0.25) is 0 Å². The second-order valence-corrected chi connectivity index (χ2v) is 2.91. The molecule has 0 aliphatic rings. The number of nitrogen functional groups attached to an aromatic ring is 1. The number of nitrogens with two attached hydrogens (primary N) is 1. The van der Waals surface area contributed by atoms with Crippen molar-refractivity contribution in [2.45, 2.75) is 6.54 Å². The highest BCUT2D eigenvalue weighted by atomic mass is 15.3. The summed E-state index contributed by atoms with van der Waals surface area (Å²) in [5.74, 6) is 0. The third-order valence-electron chi connectivity index (χ3n) is 1.56. The van der Waals surface area contributed by atoms with Gasteiger partial charge in [0.05, 0.1) is 17.6 Å². The fourth-order valence-corrected chi connectivity index (χ4v) is 0.973. The Morgan fingerprint density at radius 1 is 1.64 bits per heavy atom. The zero-order valence-corrected chi connectivity index (χ0v) is 7.20. The number of anilines is 1. The van der Waals surface area contributed by atoms with Gasteiger partial charge in [-0.15, -0.1) is 0 Å². The first-order chi connectivity index (χ1) is 5.11. The minimum atomic E-state index is 0.765. The number of nitrogens with zero attached hydrogens (tertiary/aromatic N) is 3. The highest BCUT2D eigenvalue weighted by Gasteiger charge is 2.04. The summed E-state index contributed by atoms with van der Waals surface area (Å²) in [6.07, 6.45) is 1.68. The fourth-order valence-electron chi connectivity index (χ4n) is 0.973. The standard InChI is InChI=1S/C7H14N4/c1-10(2)5-7-6(8)4-9-11(7)3/h4H,5,8H2,1-3H3. The summed E-state index contributed by atoms with van der Waals surface area (Å²) in [6, 6.07) is 0. The van der Waals surface area contributed by atoms with Crippen molar-refractivity contribution < 1.29 is 0 Å². The third-order valence-corrected chi connectivity index (χ3v) is 1.56. The fraction of sp³-hybridized carbons (Fsp3) is 0.571. The van der Waals surface area contributed by atoms with E-state index >= 15 is 0 Å². The molecule has 62 valence electrons. The lowest BCUT2D eigenvalue weighted by Gasteiger charge is -2.09. The molecule has 0 spiro atoms. The van der Waals surface area contributed by atoms with E-state index in [4.69, 9.17) is 5.73 Å². The van der Waals surface area contributed by atoms with E-state index in [0.29, 0.717) is 0 Å². The molecule has 0 amide bonds. The van der Waals surface area contributed by atoms with E-state index in [2.05, 4.69) is 10.00 Å². The van der Waals surface area contributed by atoms with Crippen LogP contribution in [0.4, 0.5) is 5.69 Å². The van der Waals surface area contributed by atoms with E-state index in [-0.39, 0.29) is 0 Å². The zero-order valence-electron chi connectivity index (χ0n) is 7.20. The molecule has 1 heterocycles. The maximum Gasteiger partial charge on any atom is 0.0750 e. The van der Waals surface area contributed by atoms with Gasteiger partial charge in [0.15, 0.2) is 0 Å². The van der Waals surface area contributed by atoms with Crippen LogP contribution in [0.2, 0.25) is 0 Å². The van der Waals surface area contributed by atoms with Crippen LogP contribution in [0.15, 0.2) is 6.20 Å². The molecule has 4 heteroatoms. The maximum absolute atomic E-state index is 5.68. The Labute approximate surface area is 66.6 Å². The quantitative estimate of drug-likeness (QED) is 0.655. The number of rotatable bonds is 2. The molecule has 0 atom stereocenters. The molecule has 1 aromatic heterocycles. The van der Waals surface area contributed by atoms with Gasteiger partial charge in [-0.2, -0.15) is 5.10 Å². The van der Waals surface area contributed by atoms with Gasteiger partial charge in [0, 0.05) is 13.6 Å². The van der Waals surface area contributed by atoms with E-state index < -0.39 is 0 Å². The van der Waals surface area contributed by atoms with Gasteiger partial charge in [-0.05, 0) is 14.1 Å². The molecular weight excluding hydrogens is 140 g/mol. The first-order valence-electron chi connectivity index (χ1n) is 3.52. The van der Waals surface area contributed by atoms with Crippen LogP contribution in [-0.2, 0) is 13.6 Å². The lowest BCUT2D eigenvalue weighted by atomic mass is 10.3. The summed E-state index contributed by atoms with van der Waals surface area (Å²) in [4.78, 5) is 2.06. The zero-order chi connectivity index (χ0) is 8.43. The predicted octanol–water partition coefficient (Wildman–Crippen LogP) is 0.0639. The number of hydrogen-bond donors (Lipinski definition) is 1. The first kappa shape index (κ1) is 8.07. The average molecular weight is 154 g/mol. The molecule has 0 aliphatic carbocycles. The van der Waals surface area contributed by atoms with E-state index in [1.165, 1.54) is 0 Å². The van der Waals surface area contributed by atoms with Crippen molar-refractivity contribution in [1.29, 1.82) is 0 Å². The molecule has 0 aromatic carbocycles. The summed E-state index contributed by atoms with van der Waals surface area (Å²) >= 11 is 0. The van der Waals surface area contributed by atoms with Crippen molar-refractivity contribution in [3.8, 4) is 0 Å². The second kappa shape index (κ2) is 2.92. The molecule has 0 aliphatic heterocycles. The summed E-state index contributed by atoms with van der Waals surface area (Å²) in [5, 5.41) is 4.03. The predicted molar refractivity (Wildman–Crippen MR) is 45.0 cm³/mol. The van der Waals surface area contributed by atoms with Gasteiger partial charge in [-0.1, -0.05) is 0 Å². The molecule has 0 saturated heterocycles. The summed E-state index contributed by atoms with van der Waals surface area (Å²) < 4.78 is 1.80. The Bertz CT molecular complexity index is 219. The van der Waals surface area contributed by atoms with Gasteiger partial charge in [0.1, 0.15) is 0 Å². The Morgan fingerprint density at radius 2 is 2.27 bits per heavy atom. The van der Waals surface area contributed by atoms with Gasteiger partial charge >= 0.3 is 0 Å². The summed E-state index contributed by atoms with van der Waals surface area (Å²) in [5.41, 5.74) is 7.51. The third kappa shape index (κ3) is 1.71. The SMILES string of the molecule is CN(C)Cc1c(N)cnn1C. The molecular formula is C7H14N4. The van der Waals surface area contributed by atoms with Crippen molar-refractivity contribution in [2.75, 3.05) is 19.8 Å². The van der Waals surface area contributed by atoms with E-state index in [9.17, 15) is 0 Å². The Morgan fingerprint density at radius 3 is 2.64 bits per heavy atom. The summed E-state index contributed by atoms with van der Waals surface area (Å²) in [6.45, 7) is 0.836. The summed E-state index contributed by atoms with van der Waals surface area (Å²) in [7, 11) is 5.91. The Hall–Kier alpha value is -1.03. The topological polar surface area (TPSA) is 47.1 Å². The van der Waals surface area contributed by atoms with Gasteiger partial charge in [-0.3, -0.25) is 4.68 Å². The molecule has 0 radical (unpaired) electrons. The molecule has 1 rings (SSSR count). The highest BCUT2D eigenvalue weighted by Crippen LogP contribution is 2.09. The van der Waals surface area contributed by atoms with Crippen LogP contribution < -0.4 is 5.73 Å². The molecule has 0 bridgehead atoms. The van der Waals surface area contributed by atoms with Crippen molar-refractivity contribution in [1.82, 2.24) is 14.7 Å². The normalized spacial score (nSPS) is 10.9. The van der Waals surface area contributed by atoms with Crippen molar-refractivity contribution >= 4 is 5.69 Å². The lowest BCUT2D eigenvalue weighted by molar-refractivity contribution is 0.388. The smallest absolute Gasteiger partial charge is 0.0750 e. The highest BCUT2D eigenvalue weighted by molar-refractivity contribution is 5.40. The van der Waals surface area contributed by atoms with Crippen molar-refractivity contribution in [3.05, 3.63) is 11.9 Å². The van der Waals surface area contributed by atoms with Crippen LogP contribution in [0.5, 0.6) is 0 Å². The number of hydrogen-bond acceptors (Lipinski definition) is 3. The molecule has 0 fully saturated rings. The van der Waals surface area contributed by atoms with Crippen molar-refractivity contribution in [3.63, 3.8) is 0 Å². The molecule has 0 unspecified atom stereocenters. The molecule has 11 heavy (non-hydrogen) atoms. The Balaban J connectivity index is 2.83. The van der Waals surface area contributed by atoms with Gasteiger partial charge in [-0.25, -0.2) is 0 Å². The van der Waals surface area contributed by atoms with Crippen LogP contribution in [0.25, 0.3) is 0 Å². The number of aryl methyl sites for hydroxylation is 1. The van der Waals surface area contributed by atoms with E-state index in [1.807, 2.05) is 21.1 Å². The lowest BCUT2D eigenvalue weighted by Crippen LogP contribution is -2.14. The van der Waals surface area contributed by atoms with Gasteiger partial charge < -0.3 is 10.6 Å². The maximum atomic E-state index is 5.68. The Kier molecular flexibility index (Phi) is 2.14. The first-order valence-corrected chi connectivity index (χ1v) is 3.52. The monoisotopic (exact) mass is 154 g/mol. The van der Waals surface area contributed by atoms with Crippen LogP contribution in [0.1, 0.15) is 5.69 Å². The molecule has 0 saturated carbocycles. The van der Waals surface area contributed by atoms with Crippen LogP contribution in [-0.4, -0.2) is 28.8 Å². The van der Waals surface area contributed by atoms with E-state index in [1.54, 1.807) is 10.9 Å². The van der Waals surface area contributed by atoms with Crippen LogP contribution in [0, 0.1) is 0 Å². The number of aromatic nitrogens is 2. The van der Waals surface area contributed by atoms with E-state index in [0.717, 1.165) is 17.9 Å². The molecule has 2 N–H and O–H groups in total. The molecule has 1 aromatic rings. The van der Waals surface area contributed by atoms with Gasteiger partial charge in [0.25, 0.3) is 0 Å². The second-order valence-electron chi connectivity index (χ2n) is 2.91. The molecule has 4 nitrogen and oxygen atoms in total.